The molecule has 21 heavy (non-hydrogen) atoms. The average Bonchev–Trinajstić information content (AvgIpc) is 2.80. The van der Waals surface area contributed by atoms with Crippen molar-refractivity contribution < 1.29 is 0 Å². The van der Waals surface area contributed by atoms with Gasteiger partial charge in [0.05, 0.1) is 6.04 Å². The monoisotopic (exact) mass is 286 g/mol. The number of fused-ring (bicyclic) bond motifs is 1. The Morgan fingerprint density at radius 2 is 2.05 bits per heavy atom. The van der Waals surface area contributed by atoms with Gasteiger partial charge in [-0.2, -0.15) is 0 Å². The zero-order valence-electron chi connectivity index (χ0n) is 12.1. The quantitative estimate of drug-likeness (QED) is 0.792. The molecule has 1 aliphatic carbocycles. The van der Waals surface area contributed by atoms with Crippen molar-refractivity contribution >= 4 is 11.5 Å². The maximum absolute atomic E-state index is 11.4. The molecule has 0 amide bonds. The van der Waals surface area contributed by atoms with Crippen LogP contribution in [0.3, 0.4) is 0 Å². The fourth-order valence-electron chi connectivity index (χ4n) is 2.94. The van der Waals surface area contributed by atoms with Crippen LogP contribution in [0, 0.1) is 0 Å². The van der Waals surface area contributed by atoms with Crippen LogP contribution in [0.25, 0.3) is 0 Å². The van der Waals surface area contributed by atoms with Crippen molar-refractivity contribution in [3.63, 3.8) is 0 Å². The molecule has 6 heteroatoms. The summed E-state index contributed by atoms with van der Waals surface area (Å²) in [5, 5.41) is 3.25. The van der Waals surface area contributed by atoms with Crippen LogP contribution < -0.4 is 21.5 Å². The largest absolute Gasteiger partial charge is 0.377 e. The van der Waals surface area contributed by atoms with Gasteiger partial charge in [0.1, 0.15) is 5.82 Å². The normalized spacial score (nSPS) is 16.6. The molecule has 1 heterocycles. The zero-order valence-corrected chi connectivity index (χ0v) is 12.1. The summed E-state index contributed by atoms with van der Waals surface area (Å²) in [5.41, 5.74) is 2.87. The Hall–Kier alpha value is -2.50. The number of anilines is 2. The summed E-state index contributed by atoms with van der Waals surface area (Å²) in [6.07, 6.45) is 1.92. The first-order valence-corrected chi connectivity index (χ1v) is 6.94. The van der Waals surface area contributed by atoms with Gasteiger partial charge in [-0.25, -0.2) is 4.79 Å². The molecule has 3 N–H and O–H groups in total. The highest BCUT2D eigenvalue weighted by molar-refractivity contribution is 5.59. The van der Waals surface area contributed by atoms with Gasteiger partial charge in [-0.1, -0.05) is 12.1 Å². The van der Waals surface area contributed by atoms with E-state index in [1.54, 1.807) is 0 Å². The smallest absolute Gasteiger partial charge is 0.327 e. The van der Waals surface area contributed by atoms with Gasteiger partial charge in [0, 0.05) is 25.8 Å². The summed E-state index contributed by atoms with van der Waals surface area (Å²) in [7, 11) is 4.06. The highest BCUT2D eigenvalue weighted by atomic mass is 16.2. The highest BCUT2D eigenvalue weighted by Crippen LogP contribution is 2.38. The summed E-state index contributed by atoms with van der Waals surface area (Å²) in [4.78, 5) is 29.6. The summed E-state index contributed by atoms with van der Waals surface area (Å²) in [6, 6.07) is 7.72. The second-order valence-electron chi connectivity index (χ2n) is 5.48. The maximum Gasteiger partial charge on any atom is 0.327 e. The van der Waals surface area contributed by atoms with Gasteiger partial charge in [-0.3, -0.25) is 14.8 Å². The molecular formula is C15H18N4O2. The Kier molecular flexibility index (Phi) is 3.29. The molecule has 110 valence electrons. The standard InChI is InChI=1S/C15H18N4O2/c1-19(2)12-5-3-4-9-10(12)6-7-11(9)16-13-8-14(20)18-15(21)17-13/h3-5,8,11H,6-7H2,1-2H3,(H3,16,17,18,20,21). The van der Waals surface area contributed by atoms with E-state index in [0.717, 1.165) is 12.8 Å². The van der Waals surface area contributed by atoms with E-state index in [4.69, 9.17) is 0 Å². The molecule has 0 saturated heterocycles. The molecule has 6 nitrogen and oxygen atoms in total. The number of aromatic nitrogens is 2. The van der Waals surface area contributed by atoms with Gasteiger partial charge in [0.15, 0.2) is 0 Å². The predicted octanol–water partition coefficient (Wildman–Crippen LogP) is 1.23. The lowest BCUT2D eigenvalue weighted by molar-refractivity contribution is 0.754. The SMILES string of the molecule is CN(C)c1cccc2c1CCC2Nc1cc(=O)[nH]c(=O)[nH]1. The van der Waals surface area contributed by atoms with Crippen molar-refractivity contribution in [3.8, 4) is 0 Å². The molecule has 3 rings (SSSR count). The predicted molar refractivity (Wildman–Crippen MR) is 83.1 cm³/mol. The summed E-state index contributed by atoms with van der Waals surface area (Å²) in [5.74, 6) is 0.455. The molecule has 0 radical (unpaired) electrons. The third kappa shape index (κ3) is 2.56. The van der Waals surface area contributed by atoms with Crippen LogP contribution in [0.15, 0.2) is 33.9 Å². The average molecular weight is 286 g/mol. The van der Waals surface area contributed by atoms with E-state index >= 15 is 0 Å². The molecule has 1 aromatic carbocycles. The van der Waals surface area contributed by atoms with Crippen molar-refractivity contribution in [2.45, 2.75) is 18.9 Å². The van der Waals surface area contributed by atoms with E-state index < -0.39 is 11.2 Å². The van der Waals surface area contributed by atoms with Gasteiger partial charge in [0.2, 0.25) is 0 Å². The molecular weight excluding hydrogens is 268 g/mol. The number of hydrogen-bond acceptors (Lipinski definition) is 4. The van der Waals surface area contributed by atoms with E-state index in [1.807, 2.05) is 20.2 Å². The van der Waals surface area contributed by atoms with Crippen LogP contribution >= 0.6 is 0 Å². The first-order valence-electron chi connectivity index (χ1n) is 6.94. The second-order valence-corrected chi connectivity index (χ2v) is 5.48. The Labute approximate surface area is 121 Å². The number of aromatic amines is 2. The number of nitrogens with one attached hydrogen (secondary N) is 3. The van der Waals surface area contributed by atoms with Crippen molar-refractivity contribution in [1.29, 1.82) is 0 Å². The molecule has 1 aliphatic rings. The van der Waals surface area contributed by atoms with E-state index in [0.29, 0.717) is 5.82 Å². The van der Waals surface area contributed by atoms with Crippen molar-refractivity contribution in [2.24, 2.45) is 0 Å². The fourth-order valence-corrected chi connectivity index (χ4v) is 2.94. The fraction of sp³-hybridized carbons (Fsp3) is 0.333. The summed E-state index contributed by atoms with van der Waals surface area (Å²) >= 11 is 0. The Morgan fingerprint density at radius 3 is 2.76 bits per heavy atom. The number of rotatable bonds is 3. The van der Waals surface area contributed by atoms with Crippen LogP contribution in [0.5, 0.6) is 0 Å². The Bertz CT molecular complexity index is 747. The Balaban J connectivity index is 1.93. The van der Waals surface area contributed by atoms with Crippen molar-refractivity contribution in [2.75, 3.05) is 24.3 Å². The number of hydrogen-bond donors (Lipinski definition) is 3. The van der Waals surface area contributed by atoms with Crippen LogP contribution in [0.2, 0.25) is 0 Å². The minimum Gasteiger partial charge on any atom is -0.377 e. The molecule has 1 aromatic heterocycles. The van der Waals surface area contributed by atoms with E-state index in [2.05, 4.69) is 32.3 Å². The Morgan fingerprint density at radius 1 is 1.24 bits per heavy atom. The van der Waals surface area contributed by atoms with Gasteiger partial charge in [-0.05, 0) is 30.0 Å². The molecule has 1 unspecified atom stereocenters. The molecule has 0 aliphatic heterocycles. The van der Waals surface area contributed by atoms with Crippen LogP contribution in [0.4, 0.5) is 11.5 Å². The molecule has 2 aromatic rings. The zero-order chi connectivity index (χ0) is 15.0. The third-order valence-corrected chi connectivity index (χ3v) is 3.82. The summed E-state index contributed by atoms with van der Waals surface area (Å²) < 4.78 is 0. The minimum atomic E-state index is -0.495. The lowest BCUT2D eigenvalue weighted by Gasteiger charge is -2.19. The molecule has 0 spiro atoms. The van der Waals surface area contributed by atoms with E-state index in [-0.39, 0.29) is 6.04 Å². The number of H-pyrrole nitrogens is 2. The highest BCUT2D eigenvalue weighted by Gasteiger charge is 2.25. The third-order valence-electron chi connectivity index (χ3n) is 3.82. The van der Waals surface area contributed by atoms with Crippen LogP contribution in [-0.4, -0.2) is 24.1 Å². The maximum atomic E-state index is 11.4. The molecule has 1 atom stereocenters. The van der Waals surface area contributed by atoms with E-state index in [1.165, 1.54) is 22.9 Å². The minimum absolute atomic E-state index is 0.109. The first kappa shape index (κ1) is 13.5. The van der Waals surface area contributed by atoms with Crippen LogP contribution in [-0.2, 0) is 6.42 Å². The van der Waals surface area contributed by atoms with Crippen LogP contribution in [0.1, 0.15) is 23.6 Å². The lowest BCUT2D eigenvalue weighted by Crippen LogP contribution is -2.23. The molecule has 0 bridgehead atoms. The van der Waals surface area contributed by atoms with Gasteiger partial charge < -0.3 is 10.2 Å². The second kappa shape index (κ2) is 5.12. The first-order chi connectivity index (χ1) is 10.0. The van der Waals surface area contributed by atoms with Gasteiger partial charge in [-0.15, -0.1) is 0 Å². The van der Waals surface area contributed by atoms with Gasteiger partial charge >= 0.3 is 5.69 Å². The molecule has 0 fully saturated rings. The number of benzene rings is 1. The lowest BCUT2D eigenvalue weighted by atomic mass is 10.1. The summed E-state index contributed by atoms with van der Waals surface area (Å²) in [6.45, 7) is 0. The van der Waals surface area contributed by atoms with Crippen molar-refractivity contribution in [1.82, 2.24) is 9.97 Å². The number of nitrogens with zero attached hydrogens (tertiary/aromatic N) is 1. The van der Waals surface area contributed by atoms with E-state index in [9.17, 15) is 9.59 Å². The van der Waals surface area contributed by atoms with Crippen molar-refractivity contribution in [3.05, 3.63) is 56.2 Å². The van der Waals surface area contributed by atoms with Gasteiger partial charge in [0.25, 0.3) is 5.56 Å². The molecule has 0 saturated carbocycles. The topological polar surface area (TPSA) is 81.0 Å².